The molecule has 3 rings (SSSR count). The number of carbonyl (C=O) groups excluding carboxylic acids is 1. The molecular weight excluding hydrogens is 416 g/mol. The Hall–Kier alpha value is -2.99. The summed E-state index contributed by atoms with van der Waals surface area (Å²) >= 11 is 6.16. The van der Waals surface area contributed by atoms with Crippen molar-refractivity contribution in [2.24, 2.45) is 5.92 Å². The van der Waals surface area contributed by atoms with E-state index >= 15 is 0 Å². The zero-order valence-electron chi connectivity index (χ0n) is 17.9. The number of carboxylic acid groups (broad SMARTS) is 1. The van der Waals surface area contributed by atoms with Gasteiger partial charge in [0.25, 0.3) is 5.91 Å². The topological polar surface area (TPSA) is 91.6 Å². The fourth-order valence-corrected chi connectivity index (χ4v) is 3.72. The summed E-state index contributed by atoms with van der Waals surface area (Å²) in [5.74, 6) is 0.0742. The molecule has 0 aliphatic carbocycles. The van der Waals surface area contributed by atoms with Gasteiger partial charge >= 0.3 is 5.97 Å². The standard InChI is InChI=1S/C24H27ClN2O4/c1-14(2)12-20(23-15(3)19-13-17(25)6-9-21(19)31-23)27-18-7-4-16(5-8-18)24(30)26-11-10-22(28)29/h4-9,13-14,20,27H,10-12H2,1-3H3,(H,26,30)(H,28,29)/t20-/m0/s1. The number of rotatable bonds is 9. The van der Waals surface area contributed by atoms with Crippen molar-refractivity contribution in [3.05, 3.63) is 64.4 Å². The quantitative estimate of drug-likeness (QED) is 0.389. The third kappa shape index (κ3) is 5.79. The van der Waals surface area contributed by atoms with Crippen molar-refractivity contribution in [3.8, 4) is 0 Å². The van der Waals surface area contributed by atoms with E-state index in [2.05, 4.69) is 24.5 Å². The Balaban J connectivity index is 1.78. The van der Waals surface area contributed by atoms with E-state index in [0.717, 1.165) is 34.4 Å². The van der Waals surface area contributed by atoms with Gasteiger partial charge in [-0.2, -0.15) is 0 Å². The third-order valence-corrected chi connectivity index (χ3v) is 5.31. The minimum absolute atomic E-state index is 0.0404. The van der Waals surface area contributed by atoms with Gasteiger partial charge in [0.15, 0.2) is 0 Å². The van der Waals surface area contributed by atoms with Crippen molar-refractivity contribution >= 4 is 40.1 Å². The molecule has 0 aliphatic heterocycles. The number of carboxylic acids is 1. The summed E-state index contributed by atoms with van der Waals surface area (Å²) in [6.07, 6.45) is 0.760. The summed E-state index contributed by atoms with van der Waals surface area (Å²) in [6.45, 7) is 6.46. The van der Waals surface area contributed by atoms with Crippen LogP contribution >= 0.6 is 11.6 Å². The first kappa shape index (κ1) is 22.7. The van der Waals surface area contributed by atoms with Crippen LogP contribution in [0.15, 0.2) is 46.9 Å². The summed E-state index contributed by atoms with van der Waals surface area (Å²) in [5, 5.41) is 16.5. The van der Waals surface area contributed by atoms with Crippen LogP contribution in [0.1, 0.15) is 54.4 Å². The molecule has 3 N–H and O–H groups in total. The molecular formula is C24H27ClN2O4. The van der Waals surface area contributed by atoms with E-state index in [1.54, 1.807) is 12.1 Å². The summed E-state index contributed by atoms with van der Waals surface area (Å²) in [4.78, 5) is 22.7. The van der Waals surface area contributed by atoms with Crippen LogP contribution < -0.4 is 10.6 Å². The number of amides is 1. The molecule has 1 heterocycles. The lowest BCUT2D eigenvalue weighted by Crippen LogP contribution is -2.25. The number of aryl methyl sites for hydroxylation is 1. The van der Waals surface area contributed by atoms with Gasteiger partial charge in [-0.05, 0) is 61.7 Å². The number of aliphatic carboxylic acids is 1. The second-order valence-electron chi connectivity index (χ2n) is 8.04. The average Bonchev–Trinajstić information content (AvgIpc) is 3.03. The van der Waals surface area contributed by atoms with Gasteiger partial charge in [-0.25, -0.2) is 0 Å². The monoisotopic (exact) mass is 442 g/mol. The maximum atomic E-state index is 12.1. The molecule has 6 nitrogen and oxygen atoms in total. The van der Waals surface area contributed by atoms with Crippen LogP contribution in [0.4, 0.5) is 5.69 Å². The van der Waals surface area contributed by atoms with Crippen LogP contribution in [0.2, 0.25) is 5.02 Å². The van der Waals surface area contributed by atoms with Crippen molar-refractivity contribution in [2.45, 2.75) is 39.7 Å². The number of benzene rings is 2. The zero-order valence-corrected chi connectivity index (χ0v) is 18.6. The minimum atomic E-state index is -0.945. The Morgan fingerprint density at radius 3 is 2.48 bits per heavy atom. The van der Waals surface area contributed by atoms with E-state index < -0.39 is 5.97 Å². The number of hydrogen-bond acceptors (Lipinski definition) is 4. The average molecular weight is 443 g/mol. The molecule has 0 bridgehead atoms. The van der Waals surface area contributed by atoms with Crippen molar-refractivity contribution in [1.82, 2.24) is 5.32 Å². The maximum absolute atomic E-state index is 12.1. The Morgan fingerprint density at radius 2 is 1.84 bits per heavy atom. The molecule has 2 aromatic carbocycles. The van der Waals surface area contributed by atoms with Gasteiger partial charge in [-0.15, -0.1) is 0 Å². The summed E-state index contributed by atoms with van der Waals surface area (Å²) in [7, 11) is 0. The van der Waals surface area contributed by atoms with Crippen molar-refractivity contribution in [2.75, 3.05) is 11.9 Å². The number of fused-ring (bicyclic) bond motifs is 1. The fraction of sp³-hybridized carbons (Fsp3) is 0.333. The fourth-order valence-electron chi connectivity index (χ4n) is 3.55. The molecule has 0 saturated carbocycles. The molecule has 0 fully saturated rings. The van der Waals surface area contributed by atoms with Crippen molar-refractivity contribution in [3.63, 3.8) is 0 Å². The second kappa shape index (κ2) is 9.88. The Bertz CT molecular complexity index is 1070. The Labute approximate surface area is 186 Å². The van der Waals surface area contributed by atoms with Crippen LogP contribution in [-0.2, 0) is 4.79 Å². The Morgan fingerprint density at radius 1 is 1.13 bits per heavy atom. The number of carbonyl (C=O) groups is 2. The highest BCUT2D eigenvalue weighted by Crippen LogP contribution is 2.35. The van der Waals surface area contributed by atoms with E-state index in [9.17, 15) is 9.59 Å². The number of furan rings is 1. The summed E-state index contributed by atoms with van der Waals surface area (Å²) in [5.41, 5.74) is 3.21. The highest BCUT2D eigenvalue weighted by Gasteiger charge is 2.22. The molecule has 0 saturated heterocycles. The molecule has 3 aromatic rings. The van der Waals surface area contributed by atoms with Gasteiger partial charge in [-0.3, -0.25) is 9.59 Å². The van der Waals surface area contributed by atoms with Gasteiger partial charge in [0.2, 0.25) is 0 Å². The predicted octanol–water partition coefficient (Wildman–Crippen LogP) is 5.80. The van der Waals surface area contributed by atoms with E-state index in [1.165, 1.54) is 0 Å². The predicted molar refractivity (Wildman–Crippen MR) is 123 cm³/mol. The lowest BCUT2D eigenvalue weighted by molar-refractivity contribution is -0.136. The van der Waals surface area contributed by atoms with Crippen LogP contribution in [0, 0.1) is 12.8 Å². The highest BCUT2D eigenvalue weighted by molar-refractivity contribution is 6.31. The van der Waals surface area contributed by atoms with Crippen LogP contribution in [0.3, 0.4) is 0 Å². The molecule has 1 aromatic heterocycles. The SMILES string of the molecule is Cc1c([C@H](CC(C)C)Nc2ccc(C(=O)NCCC(=O)O)cc2)oc2ccc(Cl)cc12. The lowest BCUT2D eigenvalue weighted by atomic mass is 9.98. The van der Waals surface area contributed by atoms with E-state index in [4.69, 9.17) is 21.1 Å². The van der Waals surface area contributed by atoms with Crippen LogP contribution in [0.5, 0.6) is 0 Å². The number of hydrogen-bond donors (Lipinski definition) is 3. The molecule has 0 radical (unpaired) electrons. The van der Waals surface area contributed by atoms with Gasteiger partial charge in [0.1, 0.15) is 11.3 Å². The van der Waals surface area contributed by atoms with E-state index in [1.807, 2.05) is 37.3 Å². The van der Waals surface area contributed by atoms with Gasteiger partial charge in [0.05, 0.1) is 12.5 Å². The summed E-state index contributed by atoms with van der Waals surface area (Å²) in [6, 6.07) is 12.7. The second-order valence-corrected chi connectivity index (χ2v) is 8.47. The van der Waals surface area contributed by atoms with Crippen LogP contribution in [-0.4, -0.2) is 23.5 Å². The third-order valence-electron chi connectivity index (χ3n) is 5.07. The number of nitrogens with one attached hydrogen (secondary N) is 2. The number of halogens is 1. The first-order valence-electron chi connectivity index (χ1n) is 10.3. The minimum Gasteiger partial charge on any atom is -0.481 e. The van der Waals surface area contributed by atoms with Crippen LogP contribution in [0.25, 0.3) is 11.0 Å². The lowest BCUT2D eigenvalue weighted by Gasteiger charge is -2.21. The summed E-state index contributed by atoms with van der Waals surface area (Å²) < 4.78 is 6.18. The molecule has 0 spiro atoms. The normalized spacial score (nSPS) is 12.2. The molecule has 0 unspecified atom stereocenters. The largest absolute Gasteiger partial charge is 0.481 e. The molecule has 0 aliphatic rings. The molecule has 7 heteroatoms. The first-order valence-corrected chi connectivity index (χ1v) is 10.7. The van der Waals surface area contributed by atoms with E-state index in [-0.39, 0.29) is 24.9 Å². The molecule has 1 amide bonds. The smallest absolute Gasteiger partial charge is 0.305 e. The van der Waals surface area contributed by atoms with E-state index in [0.29, 0.717) is 16.5 Å². The maximum Gasteiger partial charge on any atom is 0.305 e. The van der Waals surface area contributed by atoms with Gasteiger partial charge in [-0.1, -0.05) is 25.4 Å². The molecule has 31 heavy (non-hydrogen) atoms. The molecule has 1 atom stereocenters. The zero-order chi connectivity index (χ0) is 22.5. The van der Waals surface area contributed by atoms with Gasteiger partial charge in [0, 0.05) is 33.8 Å². The number of anilines is 1. The first-order chi connectivity index (χ1) is 14.7. The van der Waals surface area contributed by atoms with Gasteiger partial charge < -0.3 is 20.2 Å². The van der Waals surface area contributed by atoms with Crippen molar-refractivity contribution < 1.29 is 19.1 Å². The molecule has 164 valence electrons. The Kier molecular flexibility index (Phi) is 7.23. The highest BCUT2D eigenvalue weighted by atomic mass is 35.5. The van der Waals surface area contributed by atoms with Crippen molar-refractivity contribution in [1.29, 1.82) is 0 Å².